The smallest absolute Gasteiger partial charge is 0.209 e. The van der Waals surface area contributed by atoms with Crippen molar-refractivity contribution >= 4 is 6.41 Å². The predicted octanol–water partition coefficient (Wildman–Crippen LogP) is 4.12. The minimum Gasteiger partial charge on any atom is -0.346 e. The van der Waals surface area contributed by atoms with Gasteiger partial charge in [0.1, 0.15) is 0 Å². The molecule has 0 heterocycles. The Kier molecular flexibility index (Phi) is 60.1. The summed E-state index contributed by atoms with van der Waals surface area (Å²) in [5.74, 6) is 0. The molecule has 0 saturated carbocycles. The van der Waals surface area contributed by atoms with E-state index in [0.717, 1.165) is 32.3 Å². The van der Waals surface area contributed by atoms with Crippen LogP contribution in [0.15, 0.2) is 13.2 Å². The molecule has 2 nitrogen and oxygen atoms in total. The van der Waals surface area contributed by atoms with Gasteiger partial charge in [0.2, 0.25) is 6.41 Å². The Morgan fingerprint density at radius 3 is 1.67 bits per heavy atom. The van der Waals surface area contributed by atoms with Crippen molar-refractivity contribution in [1.82, 2.24) is 4.90 Å². The summed E-state index contributed by atoms with van der Waals surface area (Å²) < 4.78 is 0. The summed E-state index contributed by atoms with van der Waals surface area (Å²) in [7, 11) is 0. The van der Waals surface area contributed by atoms with Crippen LogP contribution in [0, 0.1) is 0 Å². The van der Waals surface area contributed by atoms with E-state index in [1.54, 1.807) is 4.90 Å². The van der Waals surface area contributed by atoms with Gasteiger partial charge in [-0.05, 0) is 13.3 Å². The number of carbonyl (C=O) groups excluding carboxylic acids is 1. The molecule has 0 spiro atoms. The lowest BCUT2D eigenvalue weighted by molar-refractivity contribution is -0.118. The second kappa shape index (κ2) is 37.9. The van der Waals surface area contributed by atoms with Gasteiger partial charge in [-0.25, -0.2) is 0 Å². The number of carbonyl (C=O) groups is 1. The zero-order valence-corrected chi connectivity index (χ0v) is 11.7. The topological polar surface area (TPSA) is 20.3 Å². The number of hydrogen-bond donors (Lipinski definition) is 0. The summed E-state index contributed by atoms with van der Waals surface area (Å²) in [5.41, 5.74) is 0. The van der Waals surface area contributed by atoms with Gasteiger partial charge < -0.3 is 4.90 Å². The molecule has 0 saturated heterocycles. The Labute approximate surface area is 97.4 Å². The Hall–Kier alpha value is -0.790. The highest BCUT2D eigenvalue weighted by atomic mass is 16.1. The molecular formula is C13H31NO. The van der Waals surface area contributed by atoms with Crippen LogP contribution in [-0.2, 0) is 4.79 Å². The van der Waals surface area contributed by atoms with Crippen molar-refractivity contribution in [2.75, 3.05) is 13.1 Å². The van der Waals surface area contributed by atoms with Gasteiger partial charge in [0, 0.05) is 13.1 Å². The van der Waals surface area contributed by atoms with Crippen molar-refractivity contribution in [1.29, 1.82) is 0 Å². The van der Waals surface area contributed by atoms with Gasteiger partial charge in [0.05, 0.1) is 0 Å². The van der Waals surface area contributed by atoms with Crippen LogP contribution in [0.25, 0.3) is 0 Å². The summed E-state index contributed by atoms with van der Waals surface area (Å²) in [5, 5.41) is 0. The van der Waals surface area contributed by atoms with Gasteiger partial charge in [0.15, 0.2) is 0 Å². The van der Waals surface area contributed by atoms with Crippen LogP contribution in [0.3, 0.4) is 0 Å². The van der Waals surface area contributed by atoms with Crippen molar-refractivity contribution in [2.45, 2.75) is 54.4 Å². The molecule has 0 aromatic rings. The standard InChI is InChI=1S/C7H15NO.2C2H6.C2H4/c1-3-5-6-8(4-2)7-9;3*1-2/h7H,3-6H2,1-2H3;2*1-2H3;1-2H2. The van der Waals surface area contributed by atoms with Crippen molar-refractivity contribution in [3.63, 3.8) is 0 Å². The third-order valence-corrected chi connectivity index (χ3v) is 1.35. The van der Waals surface area contributed by atoms with Crippen LogP contribution in [0.2, 0.25) is 0 Å². The first-order valence-electron chi connectivity index (χ1n) is 6.04. The lowest BCUT2D eigenvalue weighted by Crippen LogP contribution is -2.22. The van der Waals surface area contributed by atoms with Gasteiger partial charge in [-0.15, -0.1) is 13.2 Å². The van der Waals surface area contributed by atoms with E-state index in [0.29, 0.717) is 0 Å². The van der Waals surface area contributed by atoms with Crippen LogP contribution in [0.5, 0.6) is 0 Å². The molecule has 0 aliphatic carbocycles. The fourth-order valence-electron chi connectivity index (χ4n) is 0.647. The van der Waals surface area contributed by atoms with E-state index in [2.05, 4.69) is 20.1 Å². The number of unbranched alkanes of at least 4 members (excludes halogenated alkanes) is 1. The molecule has 0 N–H and O–H groups in total. The third-order valence-electron chi connectivity index (χ3n) is 1.35. The zero-order valence-electron chi connectivity index (χ0n) is 11.7. The molecule has 0 bridgehead atoms. The molecule has 0 atom stereocenters. The minimum absolute atomic E-state index is 0.837. The maximum atomic E-state index is 10.2. The van der Waals surface area contributed by atoms with Crippen LogP contribution >= 0.6 is 0 Å². The molecular weight excluding hydrogens is 186 g/mol. The quantitative estimate of drug-likeness (QED) is 0.501. The minimum atomic E-state index is 0.837. The average molecular weight is 217 g/mol. The molecule has 0 radical (unpaired) electrons. The van der Waals surface area contributed by atoms with Crippen LogP contribution in [-0.4, -0.2) is 24.4 Å². The van der Waals surface area contributed by atoms with E-state index >= 15 is 0 Å². The van der Waals surface area contributed by atoms with E-state index in [1.165, 1.54) is 0 Å². The van der Waals surface area contributed by atoms with Crippen molar-refractivity contribution < 1.29 is 4.79 Å². The summed E-state index contributed by atoms with van der Waals surface area (Å²) in [6.07, 6.45) is 3.19. The number of amides is 1. The molecule has 94 valence electrons. The van der Waals surface area contributed by atoms with Gasteiger partial charge in [-0.3, -0.25) is 4.79 Å². The lowest BCUT2D eigenvalue weighted by Gasteiger charge is -2.12. The van der Waals surface area contributed by atoms with Crippen LogP contribution < -0.4 is 0 Å². The first-order valence-corrected chi connectivity index (χ1v) is 6.04. The van der Waals surface area contributed by atoms with Crippen molar-refractivity contribution in [3.8, 4) is 0 Å². The Balaban J connectivity index is -0.0000000860. The molecule has 0 aromatic heterocycles. The Morgan fingerprint density at radius 1 is 1.07 bits per heavy atom. The SMILES string of the molecule is C=C.CC.CC.CCCCN(C=O)CC. The molecule has 15 heavy (non-hydrogen) atoms. The van der Waals surface area contributed by atoms with Gasteiger partial charge in [-0.1, -0.05) is 41.0 Å². The number of hydrogen-bond acceptors (Lipinski definition) is 1. The summed E-state index contributed by atoms with van der Waals surface area (Å²) in [6, 6.07) is 0. The van der Waals surface area contributed by atoms with E-state index < -0.39 is 0 Å². The highest BCUT2D eigenvalue weighted by Gasteiger charge is 1.93. The molecule has 0 rings (SSSR count). The largest absolute Gasteiger partial charge is 0.346 e. The summed E-state index contributed by atoms with van der Waals surface area (Å²) in [4.78, 5) is 11.9. The third kappa shape index (κ3) is 31.9. The highest BCUT2D eigenvalue weighted by Crippen LogP contribution is 1.89. The average Bonchev–Trinajstić information content (AvgIpc) is 2.38. The zero-order chi connectivity index (χ0) is 13.1. The van der Waals surface area contributed by atoms with Crippen LogP contribution in [0.4, 0.5) is 0 Å². The fraction of sp³-hybridized carbons (Fsp3) is 0.769. The van der Waals surface area contributed by atoms with Crippen LogP contribution in [0.1, 0.15) is 54.4 Å². The molecule has 0 aliphatic heterocycles. The fourth-order valence-corrected chi connectivity index (χ4v) is 0.647. The Bertz CT molecular complexity index is 84.6. The second-order valence-corrected chi connectivity index (χ2v) is 2.09. The molecule has 0 aliphatic rings. The molecule has 0 fully saturated rings. The van der Waals surface area contributed by atoms with E-state index in [9.17, 15) is 4.79 Å². The number of nitrogens with zero attached hydrogens (tertiary/aromatic N) is 1. The first kappa shape index (κ1) is 23.8. The van der Waals surface area contributed by atoms with E-state index in [-0.39, 0.29) is 0 Å². The molecule has 2 heteroatoms. The number of rotatable bonds is 5. The van der Waals surface area contributed by atoms with E-state index in [1.807, 2.05) is 34.6 Å². The normalized spacial score (nSPS) is 6.53. The van der Waals surface area contributed by atoms with Crippen molar-refractivity contribution in [2.24, 2.45) is 0 Å². The van der Waals surface area contributed by atoms with Crippen molar-refractivity contribution in [3.05, 3.63) is 13.2 Å². The first-order chi connectivity index (χ1) is 7.35. The monoisotopic (exact) mass is 217 g/mol. The maximum Gasteiger partial charge on any atom is 0.209 e. The maximum absolute atomic E-state index is 10.2. The van der Waals surface area contributed by atoms with Gasteiger partial charge in [-0.2, -0.15) is 0 Å². The molecule has 1 amide bonds. The lowest BCUT2D eigenvalue weighted by atomic mass is 10.3. The highest BCUT2D eigenvalue weighted by molar-refractivity contribution is 5.46. The predicted molar refractivity (Wildman–Crippen MR) is 72.2 cm³/mol. The summed E-state index contributed by atoms with van der Waals surface area (Å²) in [6.45, 7) is 19.9. The molecule has 0 unspecified atom stereocenters. The summed E-state index contributed by atoms with van der Waals surface area (Å²) >= 11 is 0. The Morgan fingerprint density at radius 2 is 1.47 bits per heavy atom. The second-order valence-electron chi connectivity index (χ2n) is 2.09. The van der Waals surface area contributed by atoms with E-state index in [4.69, 9.17) is 0 Å². The van der Waals surface area contributed by atoms with Gasteiger partial charge in [0.25, 0.3) is 0 Å². The van der Waals surface area contributed by atoms with Gasteiger partial charge >= 0.3 is 0 Å². The molecule has 0 aromatic carbocycles.